The Hall–Kier alpha value is -3.64. The van der Waals surface area contributed by atoms with Crippen LogP contribution in [0.1, 0.15) is 27.5 Å². The van der Waals surface area contributed by atoms with E-state index in [0.29, 0.717) is 0 Å². The first-order chi connectivity index (χ1) is 14.0. The van der Waals surface area contributed by atoms with Gasteiger partial charge >= 0.3 is 17.8 Å². The first-order valence-corrected chi connectivity index (χ1v) is 9.08. The Morgan fingerprint density at radius 2 is 1.34 bits per heavy atom. The molecule has 29 heavy (non-hydrogen) atoms. The van der Waals surface area contributed by atoms with Crippen molar-refractivity contribution in [1.29, 1.82) is 0 Å². The monoisotopic (exact) mass is 408 g/mol. The lowest BCUT2D eigenvalue weighted by molar-refractivity contribution is -0.136. The van der Waals surface area contributed by atoms with Gasteiger partial charge in [-0.05, 0) is 29.3 Å². The zero-order valence-corrected chi connectivity index (χ0v) is 15.9. The smallest absolute Gasteiger partial charge is 0.337 e. The molecule has 3 N–H and O–H groups in total. The number of carbonyl (C=O) groups is 3. The largest absolute Gasteiger partial charge is 0.478 e. The van der Waals surface area contributed by atoms with Gasteiger partial charge in [0.05, 0.1) is 17.3 Å². The number of rotatable bonds is 5. The molecule has 6 nitrogen and oxygen atoms in total. The molecule has 0 saturated carbocycles. The fraction of sp³-hybridized carbons (Fsp3) is 0.0455. The van der Waals surface area contributed by atoms with Crippen molar-refractivity contribution in [2.75, 3.05) is 5.32 Å². The number of carbonyl (C=O) groups excluding carboxylic acids is 2. The molecular formula is C22H17ClN2O4. The minimum Gasteiger partial charge on any atom is -0.478 e. The molecule has 0 aliphatic rings. The van der Waals surface area contributed by atoms with Crippen LogP contribution in [0.3, 0.4) is 0 Å². The quantitative estimate of drug-likeness (QED) is 0.558. The van der Waals surface area contributed by atoms with Crippen LogP contribution >= 0.6 is 11.6 Å². The number of hydrogen-bond acceptors (Lipinski definition) is 3. The normalized spacial score (nSPS) is 10.4. The number of halogens is 1. The summed E-state index contributed by atoms with van der Waals surface area (Å²) in [6.07, 6.45) is 0. The number of anilines is 1. The second-order valence-corrected chi connectivity index (χ2v) is 6.61. The molecule has 0 heterocycles. The molecule has 0 aliphatic carbocycles. The molecule has 3 rings (SSSR count). The van der Waals surface area contributed by atoms with E-state index in [-0.39, 0.29) is 16.3 Å². The van der Waals surface area contributed by atoms with Crippen molar-refractivity contribution in [3.05, 3.63) is 101 Å². The number of hydrogen-bond donors (Lipinski definition) is 3. The van der Waals surface area contributed by atoms with E-state index in [0.717, 1.165) is 11.1 Å². The van der Waals surface area contributed by atoms with E-state index in [1.54, 1.807) is 0 Å². The Balaban J connectivity index is 1.82. The van der Waals surface area contributed by atoms with Crippen LogP contribution in [0.4, 0.5) is 5.69 Å². The predicted molar refractivity (Wildman–Crippen MR) is 110 cm³/mol. The van der Waals surface area contributed by atoms with Gasteiger partial charge in [0.15, 0.2) is 0 Å². The van der Waals surface area contributed by atoms with Gasteiger partial charge in [0, 0.05) is 5.02 Å². The summed E-state index contributed by atoms with van der Waals surface area (Å²) >= 11 is 5.81. The summed E-state index contributed by atoms with van der Waals surface area (Å²) in [6, 6.07) is 21.9. The average molecular weight is 409 g/mol. The van der Waals surface area contributed by atoms with Gasteiger partial charge in [-0.2, -0.15) is 0 Å². The van der Waals surface area contributed by atoms with E-state index < -0.39 is 23.8 Å². The molecule has 0 fully saturated rings. The van der Waals surface area contributed by atoms with Crippen molar-refractivity contribution in [3.8, 4) is 0 Å². The van der Waals surface area contributed by atoms with Crippen LogP contribution in [0.5, 0.6) is 0 Å². The molecule has 0 aromatic heterocycles. The summed E-state index contributed by atoms with van der Waals surface area (Å²) in [5.74, 6) is -3.14. The Morgan fingerprint density at radius 1 is 0.793 bits per heavy atom. The second-order valence-electron chi connectivity index (χ2n) is 6.18. The number of nitrogens with one attached hydrogen (secondary N) is 2. The highest BCUT2D eigenvalue weighted by Crippen LogP contribution is 2.23. The molecule has 0 spiro atoms. The van der Waals surface area contributed by atoms with Gasteiger partial charge < -0.3 is 15.7 Å². The zero-order valence-electron chi connectivity index (χ0n) is 15.1. The lowest BCUT2D eigenvalue weighted by Crippen LogP contribution is -2.38. The van der Waals surface area contributed by atoms with Gasteiger partial charge in [0.2, 0.25) is 0 Å². The third-order valence-electron chi connectivity index (χ3n) is 4.21. The van der Waals surface area contributed by atoms with Gasteiger partial charge in [-0.1, -0.05) is 72.3 Å². The fourth-order valence-electron chi connectivity index (χ4n) is 2.83. The molecule has 3 aromatic rings. The van der Waals surface area contributed by atoms with Gasteiger partial charge in [-0.25, -0.2) is 4.79 Å². The Kier molecular flexibility index (Phi) is 6.26. The van der Waals surface area contributed by atoms with Crippen LogP contribution in [0.15, 0.2) is 78.9 Å². The highest BCUT2D eigenvalue weighted by molar-refractivity contribution is 6.40. The minimum absolute atomic E-state index is 0.0157. The third-order valence-corrected chi connectivity index (χ3v) is 4.44. The Morgan fingerprint density at radius 3 is 1.86 bits per heavy atom. The van der Waals surface area contributed by atoms with E-state index >= 15 is 0 Å². The van der Waals surface area contributed by atoms with Crippen molar-refractivity contribution in [3.63, 3.8) is 0 Å². The van der Waals surface area contributed by atoms with Crippen molar-refractivity contribution in [2.45, 2.75) is 6.04 Å². The summed E-state index contributed by atoms with van der Waals surface area (Å²) in [5.41, 5.74) is 1.38. The lowest BCUT2D eigenvalue weighted by Gasteiger charge is -2.19. The van der Waals surface area contributed by atoms with Gasteiger partial charge in [-0.15, -0.1) is 0 Å². The Labute approximate surface area is 172 Å². The van der Waals surface area contributed by atoms with Gasteiger partial charge in [0.25, 0.3) is 0 Å². The molecule has 0 unspecified atom stereocenters. The molecule has 146 valence electrons. The van der Waals surface area contributed by atoms with Crippen LogP contribution in [0.2, 0.25) is 5.02 Å². The number of carboxylic acids is 1. The highest BCUT2D eigenvalue weighted by Gasteiger charge is 2.23. The van der Waals surface area contributed by atoms with Crippen LogP contribution in [0, 0.1) is 0 Å². The topological polar surface area (TPSA) is 95.5 Å². The summed E-state index contributed by atoms with van der Waals surface area (Å²) < 4.78 is 0. The lowest BCUT2D eigenvalue weighted by atomic mass is 9.98. The molecule has 3 aromatic carbocycles. The summed E-state index contributed by atoms with van der Waals surface area (Å²) in [7, 11) is 0. The SMILES string of the molecule is O=C(Nc1ccc(Cl)cc1C(=O)O)C(=O)NC(c1ccccc1)c1ccccc1. The van der Waals surface area contributed by atoms with Crippen molar-refractivity contribution in [1.82, 2.24) is 5.32 Å². The third kappa shape index (κ3) is 5.00. The fourth-order valence-corrected chi connectivity index (χ4v) is 3.00. The summed E-state index contributed by atoms with van der Waals surface area (Å²) in [4.78, 5) is 36.3. The maximum Gasteiger partial charge on any atom is 0.337 e. The first-order valence-electron chi connectivity index (χ1n) is 8.70. The van der Waals surface area contributed by atoms with E-state index in [1.807, 2.05) is 60.7 Å². The Bertz CT molecular complexity index is 1000. The van der Waals surface area contributed by atoms with Gasteiger partial charge in [0.1, 0.15) is 0 Å². The molecule has 0 atom stereocenters. The van der Waals surface area contributed by atoms with Gasteiger partial charge in [-0.3, -0.25) is 9.59 Å². The van der Waals surface area contributed by atoms with Crippen LogP contribution in [-0.2, 0) is 9.59 Å². The van der Waals surface area contributed by atoms with Crippen molar-refractivity contribution >= 4 is 35.1 Å². The maximum atomic E-state index is 12.6. The van der Waals surface area contributed by atoms with Crippen molar-refractivity contribution < 1.29 is 19.5 Å². The van der Waals surface area contributed by atoms with Crippen LogP contribution in [-0.4, -0.2) is 22.9 Å². The van der Waals surface area contributed by atoms with Crippen LogP contribution < -0.4 is 10.6 Å². The summed E-state index contributed by atoms with van der Waals surface area (Å²) in [6.45, 7) is 0. The molecule has 0 saturated heterocycles. The molecule has 2 amide bonds. The first kappa shape index (κ1) is 20.1. The van der Waals surface area contributed by atoms with Crippen molar-refractivity contribution in [2.24, 2.45) is 0 Å². The minimum atomic E-state index is -1.27. The number of benzene rings is 3. The average Bonchev–Trinajstić information content (AvgIpc) is 2.74. The number of carboxylic acid groups (broad SMARTS) is 1. The van der Waals surface area contributed by atoms with E-state index in [9.17, 15) is 19.5 Å². The van der Waals surface area contributed by atoms with E-state index in [2.05, 4.69) is 10.6 Å². The van der Waals surface area contributed by atoms with E-state index in [1.165, 1.54) is 18.2 Å². The second kappa shape index (κ2) is 9.03. The summed E-state index contributed by atoms with van der Waals surface area (Å²) in [5, 5.41) is 14.5. The van der Waals surface area contributed by atoms with Crippen LogP contribution in [0.25, 0.3) is 0 Å². The molecular weight excluding hydrogens is 392 g/mol. The molecule has 0 radical (unpaired) electrons. The maximum absolute atomic E-state index is 12.6. The molecule has 7 heteroatoms. The predicted octanol–water partition coefficient (Wildman–Crippen LogP) is 3.88. The molecule has 0 bridgehead atoms. The number of amides is 2. The molecule has 0 aliphatic heterocycles. The van der Waals surface area contributed by atoms with E-state index in [4.69, 9.17) is 11.6 Å². The standard InChI is InChI=1S/C22H17ClN2O4/c23-16-11-12-18(17(13-16)22(28)29)24-20(26)21(27)25-19(14-7-3-1-4-8-14)15-9-5-2-6-10-15/h1-13,19H,(H,24,26)(H,25,27)(H,28,29). The number of aromatic carboxylic acids is 1. The zero-order chi connectivity index (χ0) is 20.8. The highest BCUT2D eigenvalue weighted by atomic mass is 35.5.